The number of nitrogens with zero attached hydrogens (tertiary/aromatic N) is 2. The average Bonchev–Trinajstić information content (AvgIpc) is 2.47. The Morgan fingerprint density at radius 1 is 1.10 bits per heavy atom. The summed E-state index contributed by atoms with van der Waals surface area (Å²) in [5.41, 5.74) is 2.25. The molecule has 1 amide bonds. The number of amides is 1. The minimum atomic E-state index is -4.42. The molecule has 1 N–H and O–H groups in total. The molecule has 1 heterocycles. The number of carbonyl (C=O) groups is 1. The summed E-state index contributed by atoms with van der Waals surface area (Å²) in [6.45, 7) is 0. The van der Waals surface area contributed by atoms with Gasteiger partial charge in [0.1, 0.15) is 0 Å². The zero-order chi connectivity index (χ0) is 15.3. The number of benzene rings is 1. The van der Waals surface area contributed by atoms with E-state index in [1.165, 1.54) is 6.21 Å². The molecule has 0 spiro atoms. The second-order valence-electron chi connectivity index (χ2n) is 4.05. The van der Waals surface area contributed by atoms with Crippen molar-refractivity contribution in [2.75, 3.05) is 0 Å². The first-order valence-corrected chi connectivity index (χ1v) is 5.87. The van der Waals surface area contributed by atoms with Crippen molar-refractivity contribution in [3.8, 4) is 0 Å². The highest BCUT2D eigenvalue weighted by molar-refractivity contribution is 5.94. The molecule has 108 valence electrons. The Morgan fingerprint density at radius 3 is 2.29 bits per heavy atom. The number of halogens is 3. The predicted octanol–water partition coefficient (Wildman–Crippen LogP) is 2.86. The third-order valence-electron chi connectivity index (χ3n) is 2.56. The van der Waals surface area contributed by atoms with Gasteiger partial charge in [-0.05, 0) is 42.0 Å². The molecule has 2 rings (SSSR count). The molecule has 1 aromatic carbocycles. The van der Waals surface area contributed by atoms with Crippen molar-refractivity contribution in [3.05, 3.63) is 65.5 Å². The summed E-state index contributed by atoms with van der Waals surface area (Å²) in [4.78, 5) is 15.5. The van der Waals surface area contributed by atoms with Crippen LogP contribution in [0.4, 0.5) is 13.2 Å². The Hall–Kier alpha value is -2.70. The minimum Gasteiger partial charge on any atom is -0.267 e. The number of pyridine rings is 1. The number of hydrogen-bond donors (Lipinski definition) is 1. The second kappa shape index (κ2) is 6.17. The maximum absolute atomic E-state index is 12.4. The summed E-state index contributed by atoms with van der Waals surface area (Å²) < 4.78 is 37.1. The van der Waals surface area contributed by atoms with Gasteiger partial charge in [-0.3, -0.25) is 9.78 Å². The van der Waals surface area contributed by atoms with E-state index in [9.17, 15) is 18.0 Å². The molecule has 0 unspecified atom stereocenters. The fourth-order valence-corrected chi connectivity index (χ4v) is 1.49. The lowest BCUT2D eigenvalue weighted by Gasteiger charge is -2.06. The summed E-state index contributed by atoms with van der Waals surface area (Å²) in [5.74, 6) is -0.589. The van der Waals surface area contributed by atoms with E-state index < -0.39 is 17.6 Å². The Balaban J connectivity index is 1.99. The number of hydrazone groups is 1. The van der Waals surface area contributed by atoms with Crippen molar-refractivity contribution in [2.24, 2.45) is 5.10 Å². The van der Waals surface area contributed by atoms with Crippen LogP contribution in [0, 0.1) is 0 Å². The quantitative estimate of drug-likeness (QED) is 0.699. The van der Waals surface area contributed by atoms with E-state index in [4.69, 9.17) is 0 Å². The van der Waals surface area contributed by atoms with Crippen molar-refractivity contribution in [2.45, 2.75) is 6.18 Å². The first-order chi connectivity index (χ1) is 9.97. The highest BCUT2D eigenvalue weighted by atomic mass is 19.4. The molecule has 21 heavy (non-hydrogen) atoms. The molecule has 0 saturated carbocycles. The molecular weight excluding hydrogens is 283 g/mol. The molecule has 0 aliphatic rings. The molecule has 0 saturated heterocycles. The van der Waals surface area contributed by atoms with Gasteiger partial charge in [0, 0.05) is 18.0 Å². The molecule has 1 aromatic heterocycles. The molecule has 0 radical (unpaired) electrons. The Bertz CT molecular complexity index is 637. The van der Waals surface area contributed by atoms with E-state index in [1.807, 2.05) is 0 Å². The standard InChI is InChI=1S/C14H10F3N3O/c15-14(16,17)12-3-1-11(2-4-12)13(21)20-19-9-10-5-7-18-8-6-10/h1-9H,(H,20,21)/b19-9+. The molecular formula is C14H10F3N3O. The lowest BCUT2D eigenvalue weighted by atomic mass is 10.1. The maximum atomic E-state index is 12.4. The number of rotatable bonds is 3. The lowest BCUT2D eigenvalue weighted by Crippen LogP contribution is -2.18. The summed E-state index contributed by atoms with van der Waals surface area (Å²) >= 11 is 0. The van der Waals surface area contributed by atoms with Crippen LogP contribution in [0.5, 0.6) is 0 Å². The summed E-state index contributed by atoms with van der Waals surface area (Å²) in [5, 5.41) is 3.71. The summed E-state index contributed by atoms with van der Waals surface area (Å²) in [7, 11) is 0. The monoisotopic (exact) mass is 293 g/mol. The van der Waals surface area contributed by atoms with E-state index >= 15 is 0 Å². The van der Waals surface area contributed by atoms with Gasteiger partial charge in [0.25, 0.3) is 5.91 Å². The van der Waals surface area contributed by atoms with E-state index in [-0.39, 0.29) is 5.56 Å². The van der Waals surface area contributed by atoms with Crippen LogP contribution in [0.3, 0.4) is 0 Å². The van der Waals surface area contributed by atoms with Gasteiger partial charge in [-0.25, -0.2) is 5.43 Å². The van der Waals surface area contributed by atoms with Gasteiger partial charge in [-0.2, -0.15) is 18.3 Å². The number of nitrogens with one attached hydrogen (secondary N) is 1. The van der Waals surface area contributed by atoms with E-state index in [0.717, 1.165) is 29.8 Å². The van der Waals surface area contributed by atoms with Crippen LogP contribution < -0.4 is 5.43 Å². The van der Waals surface area contributed by atoms with Crippen LogP contribution in [-0.4, -0.2) is 17.1 Å². The fraction of sp³-hybridized carbons (Fsp3) is 0.0714. The highest BCUT2D eigenvalue weighted by Gasteiger charge is 2.30. The lowest BCUT2D eigenvalue weighted by molar-refractivity contribution is -0.137. The zero-order valence-corrected chi connectivity index (χ0v) is 10.6. The summed E-state index contributed by atoms with van der Waals surface area (Å²) in [6.07, 6.45) is 0.121. The van der Waals surface area contributed by atoms with Crippen molar-refractivity contribution >= 4 is 12.1 Å². The molecule has 0 fully saturated rings. The Kier molecular flexibility index (Phi) is 4.32. The smallest absolute Gasteiger partial charge is 0.267 e. The third-order valence-corrected chi connectivity index (χ3v) is 2.56. The predicted molar refractivity (Wildman–Crippen MR) is 70.7 cm³/mol. The molecule has 0 aliphatic carbocycles. The first-order valence-electron chi connectivity index (χ1n) is 5.87. The second-order valence-corrected chi connectivity index (χ2v) is 4.05. The fourth-order valence-electron chi connectivity index (χ4n) is 1.49. The van der Waals surface area contributed by atoms with Crippen LogP contribution >= 0.6 is 0 Å². The Labute approximate surface area is 118 Å². The normalized spacial score (nSPS) is 11.6. The van der Waals surface area contributed by atoms with Gasteiger partial charge in [-0.15, -0.1) is 0 Å². The van der Waals surface area contributed by atoms with E-state index in [1.54, 1.807) is 24.5 Å². The van der Waals surface area contributed by atoms with Crippen LogP contribution in [-0.2, 0) is 6.18 Å². The van der Waals surface area contributed by atoms with Gasteiger partial charge in [0.15, 0.2) is 0 Å². The van der Waals surface area contributed by atoms with Gasteiger partial charge in [0.05, 0.1) is 11.8 Å². The molecule has 0 atom stereocenters. The van der Waals surface area contributed by atoms with Crippen LogP contribution in [0.1, 0.15) is 21.5 Å². The van der Waals surface area contributed by atoms with Gasteiger partial charge in [0.2, 0.25) is 0 Å². The third kappa shape index (κ3) is 4.13. The van der Waals surface area contributed by atoms with Gasteiger partial charge in [-0.1, -0.05) is 0 Å². The van der Waals surface area contributed by atoms with E-state index in [2.05, 4.69) is 15.5 Å². The zero-order valence-electron chi connectivity index (χ0n) is 10.6. The van der Waals surface area contributed by atoms with Crippen molar-refractivity contribution in [1.82, 2.24) is 10.4 Å². The van der Waals surface area contributed by atoms with Crippen molar-refractivity contribution in [3.63, 3.8) is 0 Å². The average molecular weight is 293 g/mol. The molecule has 7 heteroatoms. The minimum absolute atomic E-state index is 0.0925. The van der Waals surface area contributed by atoms with Crippen molar-refractivity contribution < 1.29 is 18.0 Å². The molecule has 2 aromatic rings. The Morgan fingerprint density at radius 2 is 1.71 bits per heavy atom. The van der Waals surface area contributed by atoms with E-state index in [0.29, 0.717) is 0 Å². The summed E-state index contributed by atoms with van der Waals surface area (Å²) in [6, 6.07) is 7.27. The molecule has 0 aliphatic heterocycles. The largest absolute Gasteiger partial charge is 0.416 e. The van der Waals surface area contributed by atoms with Gasteiger partial charge < -0.3 is 0 Å². The van der Waals surface area contributed by atoms with Crippen LogP contribution in [0.25, 0.3) is 0 Å². The highest BCUT2D eigenvalue weighted by Crippen LogP contribution is 2.28. The first kappa shape index (κ1) is 14.7. The number of alkyl halides is 3. The van der Waals surface area contributed by atoms with Crippen LogP contribution in [0.2, 0.25) is 0 Å². The number of hydrogen-bond acceptors (Lipinski definition) is 3. The van der Waals surface area contributed by atoms with Crippen LogP contribution in [0.15, 0.2) is 53.9 Å². The topological polar surface area (TPSA) is 54.4 Å². The number of aromatic nitrogens is 1. The van der Waals surface area contributed by atoms with Crippen molar-refractivity contribution in [1.29, 1.82) is 0 Å². The maximum Gasteiger partial charge on any atom is 0.416 e. The number of carbonyl (C=O) groups excluding carboxylic acids is 1. The molecule has 0 bridgehead atoms. The SMILES string of the molecule is O=C(N/N=C/c1ccncc1)c1ccc(C(F)(F)F)cc1. The molecule has 4 nitrogen and oxygen atoms in total. The van der Waals surface area contributed by atoms with Gasteiger partial charge >= 0.3 is 6.18 Å².